The van der Waals surface area contributed by atoms with E-state index in [1.807, 2.05) is 18.2 Å². The van der Waals surface area contributed by atoms with Crippen molar-refractivity contribution in [1.29, 1.82) is 0 Å². The maximum Gasteiger partial charge on any atom is 0.419 e. The molecule has 138 valence electrons. The van der Waals surface area contributed by atoms with Gasteiger partial charge in [-0.3, -0.25) is 4.79 Å². The van der Waals surface area contributed by atoms with Crippen molar-refractivity contribution >= 4 is 5.91 Å². The van der Waals surface area contributed by atoms with Gasteiger partial charge in [-0.15, -0.1) is 0 Å². The van der Waals surface area contributed by atoms with Gasteiger partial charge in [0.1, 0.15) is 5.82 Å². The van der Waals surface area contributed by atoms with Crippen LogP contribution in [0.5, 0.6) is 0 Å². The van der Waals surface area contributed by atoms with Crippen LogP contribution in [-0.4, -0.2) is 23.9 Å². The normalized spacial score (nSPS) is 15.9. The maximum atomic E-state index is 13.7. The van der Waals surface area contributed by atoms with Crippen molar-refractivity contribution < 1.29 is 22.4 Å². The minimum atomic E-state index is -4.76. The Kier molecular flexibility index (Phi) is 5.30. The number of carbonyl (C=O) groups is 1. The van der Waals surface area contributed by atoms with E-state index in [0.717, 1.165) is 25.3 Å². The molecule has 2 nitrogen and oxygen atoms in total. The van der Waals surface area contributed by atoms with Gasteiger partial charge < -0.3 is 4.90 Å². The highest BCUT2D eigenvalue weighted by molar-refractivity contribution is 5.94. The van der Waals surface area contributed by atoms with Crippen LogP contribution in [0.25, 0.3) is 0 Å². The summed E-state index contributed by atoms with van der Waals surface area (Å²) in [5.41, 5.74) is -0.144. The number of amides is 1. The zero-order valence-corrected chi connectivity index (χ0v) is 14.1. The second-order valence-electron chi connectivity index (χ2n) is 6.62. The largest absolute Gasteiger partial charge is 0.419 e. The fourth-order valence-corrected chi connectivity index (χ4v) is 3.35. The van der Waals surface area contributed by atoms with Crippen LogP contribution in [0.3, 0.4) is 0 Å². The van der Waals surface area contributed by atoms with Gasteiger partial charge in [0.05, 0.1) is 5.56 Å². The van der Waals surface area contributed by atoms with Crippen molar-refractivity contribution in [1.82, 2.24) is 4.90 Å². The molecule has 0 atom stereocenters. The molecule has 1 fully saturated rings. The average Bonchev–Trinajstić information content (AvgIpc) is 2.61. The highest BCUT2D eigenvalue weighted by Crippen LogP contribution is 2.32. The second kappa shape index (κ2) is 7.48. The standard InChI is InChI=1S/C20H19F4NO/c21-18-13-16(6-7-17(18)20(22,23)24)19(26)25-10-8-15(9-11-25)12-14-4-2-1-3-5-14/h1-7,13,15H,8-12H2. The van der Waals surface area contributed by atoms with Crippen molar-refractivity contribution in [3.8, 4) is 0 Å². The van der Waals surface area contributed by atoms with E-state index in [4.69, 9.17) is 0 Å². The summed E-state index contributed by atoms with van der Waals surface area (Å²) in [7, 11) is 0. The van der Waals surface area contributed by atoms with E-state index in [1.165, 1.54) is 5.56 Å². The molecule has 1 heterocycles. The number of hydrogen-bond acceptors (Lipinski definition) is 1. The molecule has 0 aromatic heterocycles. The number of piperidine rings is 1. The van der Waals surface area contributed by atoms with E-state index in [0.29, 0.717) is 31.1 Å². The number of halogens is 4. The molecule has 1 aliphatic rings. The third-order valence-corrected chi connectivity index (χ3v) is 4.79. The van der Waals surface area contributed by atoms with Crippen LogP contribution in [0.1, 0.15) is 34.3 Å². The number of rotatable bonds is 3. The predicted octanol–water partition coefficient (Wildman–Crippen LogP) is 4.94. The number of alkyl halides is 3. The molecule has 0 bridgehead atoms. The first-order valence-electron chi connectivity index (χ1n) is 8.54. The molecule has 26 heavy (non-hydrogen) atoms. The fraction of sp³-hybridized carbons (Fsp3) is 0.350. The minimum absolute atomic E-state index is 0.0444. The molecule has 2 aromatic carbocycles. The Morgan fingerprint density at radius 1 is 1.04 bits per heavy atom. The molecule has 0 saturated carbocycles. The number of nitrogens with zero attached hydrogens (tertiary/aromatic N) is 1. The Morgan fingerprint density at radius 2 is 1.69 bits per heavy atom. The average molecular weight is 365 g/mol. The summed E-state index contributed by atoms with van der Waals surface area (Å²) < 4.78 is 51.6. The Hall–Kier alpha value is -2.37. The summed E-state index contributed by atoms with van der Waals surface area (Å²) in [6.07, 6.45) is -2.17. The smallest absolute Gasteiger partial charge is 0.339 e. The first-order chi connectivity index (χ1) is 12.3. The molecule has 6 heteroatoms. The van der Waals surface area contributed by atoms with Gasteiger partial charge in [0.25, 0.3) is 5.91 Å². The van der Waals surface area contributed by atoms with Crippen LogP contribution >= 0.6 is 0 Å². The molecule has 1 amide bonds. The molecule has 0 unspecified atom stereocenters. The van der Waals surface area contributed by atoms with Gasteiger partial charge >= 0.3 is 6.18 Å². The van der Waals surface area contributed by atoms with Crippen LogP contribution in [0.2, 0.25) is 0 Å². The van der Waals surface area contributed by atoms with Crippen molar-refractivity contribution in [2.24, 2.45) is 5.92 Å². The molecule has 3 rings (SSSR count). The monoisotopic (exact) mass is 365 g/mol. The topological polar surface area (TPSA) is 20.3 Å². The van der Waals surface area contributed by atoms with E-state index in [9.17, 15) is 22.4 Å². The van der Waals surface area contributed by atoms with Crippen molar-refractivity contribution in [3.63, 3.8) is 0 Å². The lowest BCUT2D eigenvalue weighted by molar-refractivity contribution is -0.140. The highest BCUT2D eigenvalue weighted by Gasteiger charge is 2.34. The Bertz CT molecular complexity index is 765. The molecule has 0 radical (unpaired) electrons. The Morgan fingerprint density at radius 3 is 2.27 bits per heavy atom. The van der Waals surface area contributed by atoms with Crippen LogP contribution in [-0.2, 0) is 12.6 Å². The summed E-state index contributed by atoms with van der Waals surface area (Å²) in [5, 5.41) is 0. The number of likely N-dealkylation sites (tertiary alicyclic amines) is 1. The van der Waals surface area contributed by atoms with Crippen molar-refractivity contribution in [2.45, 2.75) is 25.4 Å². The van der Waals surface area contributed by atoms with Gasteiger partial charge in [-0.25, -0.2) is 4.39 Å². The van der Waals surface area contributed by atoms with E-state index in [2.05, 4.69) is 12.1 Å². The van der Waals surface area contributed by atoms with Gasteiger partial charge in [0.2, 0.25) is 0 Å². The van der Waals surface area contributed by atoms with E-state index in [-0.39, 0.29) is 5.56 Å². The van der Waals surface area contributed by atoms with Gasteiger partial charge in [-0.1, -0.05) is 30.3 Å². The van der Waals surface area contributed by atoms with Gasteiger partial charge in [-0.05, 0) is 48.9 Å². The molecular formula is C20H19F4NO. The van der Waals surface area contributed by atoms with Crippen LogP contribution in [0, 0.1) is 11.7 Å². The number of carbonyl (C=O) groups excluding carboxylic acids is 1. The van der Waals surface area contributed by atoms with Gasteiger partial charge in [-0.2, -0.15) is 13.2 Å². The van der Waals surface area contributed by atoms with Crippen molar-refractivity contribution in [3.05, 3.63) is 71.0 Å². The Labute approximate surface area is 149 Å². The first-order valence-corrected chi connectivity index (χ1v) is 8.54. The van der Waals surface area contributed by atoms with E-state index < -0.39 is 23.5 Å². The second-order valence-corrected chi connectivity index (χ2v) is 6.62. The van der Waals surface area contributed by atoms with Gasteiger partial charge in [0, 0.05) is 18.7 Å². The van der Waals surface area contributed by atoms with Gasteiger partial charge in [0.15, 0.2) is 0 Å². The fourth-order valence-electron chi connectivity index (χ4n) is 3.35. The molecule has 0 spiro atoms. The summed E-state index contributed by atoms with van der Waals surface area (Å²) in [6.45, 7) is 1.05. The van der Waals surface area contributed by atoms with Crippen LogP contribution in [0.15, 0.2) is 48.5 Å². The number of benzene rings is 2. The summed E-state index contributed by atoms with van der Waals surface area (Å²) in [5.74, 6) is -1.37. The summed E-state index contributed by atoms with van der Waals surface area (Å²) in [6, 6.07) is 12.5. The molecule has 0 N–H and O–H groups in total. The molecule has 2 aromatic rings. The SMILES string of the molecule is O=C(c1ccc(C(F)(F)F)c(F)c1)N1CCC(Cc2ccccc2)CC1. The minimum Gasteiger partial charge on any atom is -0.339 e. The summed E-state index contributed by atoms with van der Waals surface area (Å²) >= 11 is 0. The van der Waals surface area contributed by atoms with Crippen LogP contribution < -0.4 is 0 Å². The predicted molar refractivity (Wildman–Crippen MR) is 90.2 cm³/mol. The quantitative estimate of drug-likeness (QED) is 0.706. The first kappa shape index (κ1) is 18.4. The Balaban J connectivity index is 1.61. The molecular weight excluding hydrogens is 346 g/mol. The lowest BCUT2D eigenvalue weighted by Gasteiger charge is -2.32. The van der Waals surface area contributed by atoms with E-state index in [1.54, 1.807) is 4.90 Å². The highest BCUT2D eigenvalue weighted by atomic mass is 19.4. The third-order valence-electron chi connectivity index (χ3n) is 4.79. The maximum absolute atomic E-state index is 13.7. The molecule has 1 aliphatic heterocycles. The lowest BCUT2D eigenvalue weighted by Crippen LogP contribution is -2.39. The summed E-state index contributed by atoms with van der Waals surface area (Å²) in [4.78, 5) is 14.0. The van der Waals surface area contributed by atoms with Crippen molar-refractivity contribution in [2.75, 3.05) is 13.1 Å². The van der Waals surface area contributed by atoms with Crippen LogP contribution in [0.4, 0.5) is 17.6 Å². The zero-order chi connectivity index (χ0) is 18.7. The third kappa shape index (κ3) is 4.23. The molecule has 0 aliphatic carbocycles. The lowest BCUT2D eigenvalue weighted by atomic mass is 9.90. The van der Waals surface area contributed by atoms with E-state index >= 15 is 0 Å². The molecule has 1 saturated heterocycles. The zero-order valence-electron chi connectivity index (χ0n) is 14.1. The number of hydrogen-bond donors (Lipinski definition) is 0.